The van der Waals surface area contributed by atoms with Crippen LogP contribution in [0.5, 0.6) is 0 Å². The van der Waals surface area contributed by atoms with Crippen molar-refractivity contribution in [3.63, 3.8) is 0 Å². The molecule has 1 aromatic carbocycles. The van der Waals surface area contributed by atoms with E-state index in [2.05, 4.69) is 0 Å². The number of ether oxygens (including phenoxy) is 1. The van der Waals surface area contributed by atoms with Crippen LogP contribution in [0.3, 0.4) is 0 Å². The van der Waals surface area contributed by atoms with Crippen molar-refractivity contribution in [2.24, 2.45) is 0 Å². The van der Waals surface area contributed by atoms with Gasteiger partial charge in [-0.05, 0) is 25.0 Å². The molecule has 2 nitrogen and oxygen atoms in total. The number of carbonyl (C=O) groups excluding carboxylic acids is 1. The second-order valence-electron chi connectivity index (χ2n) is 5.44. The number of hydrogen-bond donors (Lipinski definition) is 0. The summed E-state index contributed by atoms with van der Waals surface area (Å²) in [5, 5.41) is 0. The third-order valence-corrected chi connectivity index (χ3v) is 3.44. The minimum absolute atomic E-state index is 0.00281. The maximum Gasteiger partial charge on any atom is 0.459 e. The molecule has 0 atom stereocenters. The lowest BCUT2D eigenvalue weighted by molar-refractivity contribution is -0.355. The molecule has 0 radical (unpaired) electrons. The Balaban J connectivity index is 2.23. The highest BCUT2D eigenvalue weighted by Gasteiger charge is 2.72. The number of unbranched alkanes of at least 4 members (excludes halogenated alkanes) is 3. The molecular formula is C16H17F7O2. The summed E-state index contributed by atoms with van der Waals surface area (Å²) in [7, 11) is 0. The Hall–Kier alpha value is -1.80. The van der Waals surface area contributed by atoms with Crippen molar-refractivity contribution in [2.75, 3.05) is 6.61 Å². The van der Waals surface area contributed by atoms with E-state index in [-0.39, 0.29) is 19.4 Å². The van der Waals surface area contributed by atoms with E-state index in [0.717, 1.165) is 0 Å². The van der Waals surface area contributed by atoms with Gasteiger partial charge >= 0.3 is 24.0 Å². The second-order valence-corrected chi connectivity index (χ2v) is 5.44. The summed E-state index contributed by atoms with van der Waals surface area (Å²) in [5.74, 6) is -11.8. The van der Waals surface area contributed by atoms with E-state index in [0.29, 0.717) is 12.0 Å². The first kappa shape index (κ1) is 21.2. The van der Waals surface area contributed by atoms with Crippen LogP contribution >= 0.6 is 0 Å². The van der Waals surface area contributed by atoms with Crippen molar-refractivity contribution in [3.05, 3.63) is 35.9 Å². The summed E-state index contributed by atoms with van der Waals surface area (Å²) in [6, 6.07) is 8.10. The quantitative estimate of drug-likeness (QED) is 0.318. The molecule has 0 N–H and O–H groups in total. The summed E-state index contributed by atoms with van der Waals surface area (Å²) in [5.41, 5.74) is 0.344. The monoisotopic (exact) mass is 374 g/mol. The van der Waals surface area contributed by atoms with Gasteiger partial charge in [0.05, 0.1) is 12.2 Å². The number of carbonyl (C=O) groups is 1. The fourth-order valence-electron chi connectivity index (χ4n) is 1.99. The van der Waals surface area contributed by atoms with E-state index in [1.54, 1.807) is 30.3 Å². The fourth-order valence-corrected chi connectivity index (χ4v) is 1.99. The molecule has 0 saturated carbocycles. The van der Waals surface area contributed by atoms with E-state index >= 15 is 0 Å². The minimum Gasteiger partial charge on any atom is -0.462 e. The molecule has 1 rings (SSSR count). The lowest BCUT2D eigenvalue weighted by Gasteiger charge is -2.28. The maximum atomic E-state index is 13.0. The Morgan fingerprint density at radius 1 is 0.840 bits per heavy atom. The average Bonchev–Trinajstić information content (AvgIpc) is 2.53. The molecule has 0 aliphatic rings. The average molecular weight is 374 g/mol. The highest BCUT2D eigenvalue weighted by atomic mass is 19.4. The Morgan fingerprint density at radius 3 is 1.96 bits per heavy atom. The first-order chi connectivity index (χ1) is 11.5. The molecular weight excluding hydrogens is 357 g/mol. The number of rotatable bonds is 9. The number of halogens is 7. The van der Waals surface area contributed by atoms with Crippen LogP contribution in [0.25, 0.3) is 0 Å². The molecule has 0 aliphatic heterocycles. The van der Waals surface area contributed by atoms with Crippen LogP contribution in [-0.2, 0) is 4.74 Å². The SMILES string of the molecule is O=C(OCCCCCCC(F)(F)C(F)(F)C(F)(F)F)c1ccccc1. The molecule has 0 aromatic heterocycles. The molecule has 1 aromatic rings. The van der Waals surface area contributed by atoms with Gasteiger partial charge in [-0.1, -0.05) is 31.0 Å². The van der Waals surface area contributed by atoms with Gasteiger partial charge in [0.15, 0.2) is 0 Å². The number of benzene rings is 1. The zero-order valence-corrected chi connectivity index (χ0v) is 13.1. The highest BCUT2D eigenvalue weighted by Crippen LogP contribution is 2.48. The van der Waals surface area contributed by atoms with Gasteiger partial charge in [0.1, 0.15) is 0 Å². The van der Waals surface area contributed by atoms with Gasteiger partial charge in [-0.3, -0.25) is 0 Å². The Bertz CT molecular complexity index is 541. The van der Waals surface area contributed by atoms with Crippen molar-refractivity contribution in [1.29, 1.82) is 0 Å². The molecule has 25 heavy (non-hydrogen) atoms. The number of hydrogen-bond acceptors (Lipinski definition) is 2. The third kappa shape index (κ3) is 5.89. The second kappa shape index (κ2) is 8.53. The third-order valence-electron chi connectivity index (χ3n) is 3.44. The van der Waals surface area contributed by atoms with Gasteiger partial charge in [0, 0.05) is 6.42 Å². The molecule has 0 amide bonds. The van der Waals surface area contributed by atoms with Gasteiger partial charge < -0.3 is 4.74 Å². The fraction of sp³-hybridized carbons (Fsp3) is 0.562. The standard InChI is InChI=1S/C16H17F7O2/c17-14(18,15(19,20)16(21,22)23)10-6-1-2-7-11-25-13(24)12-8-4-3-5-9-12/h3-5,8-9H,1-2,6-7,10-11H2. The lowest BCUT2D eigenvalue weighted by atomic mass is 10.0. The van der Waals surface area contributed by atoms with Gasteiger partial charge in [0.2, 0.25) is 0 Å². The number of alkyl halides is 7. The molecule has 0 aliphatic carbocycles. The highest BCUT2D eigenvalue weighted by molar-refractivity contribution is 5.89. The van der Waals surface area contributed by atoms with Crippen LogP contribution in [0.1, 0.15) is 42.5 Å². The summed E-state index contributed by atoms with van der Waals surface area (Å²) in [6.45, 7) is 0.00281. The van der Waals surface area contributed by atoms with Gasteiger partial charge in [0.25, 0.3) is 0 Å². The smallest absolute Gasteiger partial charge is 0.459 e. The first-order valence-electron chi connectivity index (χ1n) is 7.53. The zero-order chi connectivity index (χ0) is 19.1. The Kier molecular flexibility index (Phi) is 7.25. The van der Waals surface area contributed by atoms with Crippen LogP contribution in [0, 0.1) is 0 Å². The van der Waals surface area contributed by atoms with Crippen LogP contribution in [0.15, 0.2) is 30.3 Å². The molecule has 0 fully saturated rings. The predicted octanol–water partition coefficient (Wildman–Crippen LogP) is 5.63. The maximum absolute atomic E-state index is 13.0. The van der Waals surface area contributed by atoms with Crippen LogP contribution in [-0.4, -0.2) is 30.6 Å². The molecule has 9 heteroatoms. The minimum atomic E-state index is -6.29. The van der Waals surface area contributed by atoms with Crippen molar-refractivity contribution in [3.8, 4) is 0 Å². The molecule has 0 saturated heterocycles. The van der Waals surface area contributed by atoms with E-state index in [1.807, 2.05) is 0 Å². The Labute approximate surface area is 140 Å². The van der Waals surface area contributed by atoms with Gasteiger partial charge in [-0.25, -0.2) is 4.79 Å². The largest absolute Gasteiger partial charge is 0.462 e. The Morgan fingerprint density at radius 2 is 1.40 bits per heavy atom. The van der Waals surface area contributed by atoms with Crippen molar-refractivity contribution in [1.82, 2.24) is 0 Å². The van der Waals surface area contributed by atoms with E-state index in [1.165, 1.54) is 0 Å². The first-order valence-corrected chi connectivity index (χ1v) is 7.53. The summed E-state index contributed by atoms with van der Waals surface area (Å²) in [6.07, 6.45) is -7.78. The van der Waals surface area contributed by atoms with Crippen LogP contribution in [0.2, 0.25) is 0 Å². The molecule has 0 spiro atoms. The van der Waals surface area contributed by atoms with Crippen LogP contribution < -0.4 is 0 Å². The van der Waals surface area contributed by atoms with Crippen molar-refractivity contribution < 1.29 is 40.3 Å². The van der Waals surface area contributed by atoms with E-state index in [9.17, 15) is 35.5 Å². The molecule has 0 heterocycles. The molecule has 142 valence electrons. The summed E-state index contributed by atoms with van der Waals surface area (Å²) >= 11 is 0. The normalized spacial score (nSPS) is 12.9. The van der Waals surface area contributed by atoms with Crippen molar-refractivity contribution >= 4 is 5.97 Å². The molecule has 0 unspecified atom stereocenters. The topological polar surface area (TPSA) is 26.3 Å². The van der Waals surface area contributed by atoms with Gasteiger partial charge in [-0.2, -0.15) is 30.7 Å². The summed E-state index contributed by atoms with van der Waals surface area (Å²) in [4.78, 5) is 11.6. The summed E-state index contributed by atoms with van der Waals surface area (Å²) < 4.78 is 92.1. The number of esters is 1. The van der Waals surface area contributed by atoms with Crippen LogP contribution in [0.4, 0.5) is 30.7 Å². The van der Waals surface area contributed by atoms with Gasteiger partial charge in [-0.15, -0.1) is 0 Å². The molecule has 0 bridgehead atoms. The van der Waals surface area contributed by atoms with Crippen molar-refractivity contribution in [2.45, 2.75) is 50.1 Å². The van der Waals surface area contributed by atoms with E-state index < -0.39 is 36.8 Å². The predicted molar refractivity (Wildman–Crippen MR) is 75.8 cm³/mol. The lowest BCUT2D eigenvalue weighted by Crippen LogP contribution is -2.51. The van der Waals surface area contributed by atoms with E-state index in [4.69, 9.17) is 4.74 Å². The zero-order valence-electron chi connectivity index (χ0n) is 13.1.